The van der Waals surface area contributed by atoms with E-state index in [4.69, 9.17) is 0 Å². The summed E-state index contributed by atoms with van der Waals surface area (Å²) in [6.07, 6.45) is 0.146. The number of allylic oxidation sites excluding steroid dienone is 2. The number of rotatable bonds is 2. The molecule has 4 rings (SSSR count). The van der Waals surface area contributed by atoms with Gasteiger partial charge < -0.3 is 5.32 Å². The molecule has 0 spiro atoms. The first-order valence-electron chi connectivity index (χ1n) is 8.24. The van der Waals surface area contributed by atoms with Crippen molar-refractivity contribution in [1.29, 1.82) is 0 Å². The van der Waals surface area contributed by atoms with Crippen LogP contribution < -0.4 is 5.32 Å². The van der Waals surface area contributed by atoms with Crippen LogP contribution in [0.4, 0.5) is 24.5 Å². The van der Waals surface area contributed by atoms with E-state index in [9.17, 15) is 23.3 Å². The van der Waals surface area contributed by atoms with Gasteiger partial charge in [-0.3, -0.25) is 10.1 Å². The predicted molar refractivity (Wildman–Crippen MR) is 90.9 cm³/mol. The molecule has 2 aliphatic rings. The Labute approximate surface area is 147 Å². The smallest absolute Gasteiger partial charge is 0.377 e. The van der Waals surface area contributed by atoms with Gasteiger partial charge in [0.1, 0.15) is 0 Å². The fraction of sp³-hybridized carbons (Fsp3) is 0.263. The zero-order valence-corrected chi connectivity index (χ0v) is 13.5. The lowest BCUT2D eigenvalue weighted by molar-refractivity contribution is -0.384. The Kier molecular flexibility index (Phi) is 3.75. The number of hydrogen-bond acceptors (Lipinski definition) is 3. The number of benzene rings is 2. The van der Waals surface area contributed by atoms with Crippen molar-refractivity contribution in [3.8, 4) is 0 Å². The number of para-hydroxylation sites is 1. The van der Waals surface area contributed by atoms with Gasteiger partial charge in [-0.2, -0.15) is 13.2 Å². The monoisotopic (exact) mass is 360 g/mol. The molecule has 0 unspecified atom stereocenters. The van der Waals surface area contributed by atoms with Crippen LogP contribution in [0, 0.1) is 16.0 Å². The standard InChI is InChI=1S/C19H15F3N2O2/c20-19(21,22)16-9-3-8-15-13-6-2-7-14(13)17(23-18(15)16)11-4-1-5-12(10-11)24(25)26/h1-6,8-10,13-14,17,23H,7H2/t13-,14+,17+/m1/s1. The van der Waals surface area contributed by atoms with E-state index in [-0.39, 0.29) is 23.2 Å². The molecule has 0 radical (unpaired) electrons. The van der Waals surface area contributed by atoms with Gasteiger partial charge in [0, 0.05) is 18.1 Å². The number of fused-ring (bicyclic) bond motifs is 3. The first kappa shape index (κ1) is 16.6. The van der Waals surface area contributed by atoms with Crippen molar-refractivity contribution in [3.05, 3.63) is 81.4 Å². The second-order valence-electron chi connectivity index (χ2n) is 6.60. The van der Waals surface area contributed by atoms with Crippen LogP contribution in [0.15, 0.2) is 54.6 Å². The maximum atomic E-state index is 13.5. The van der Waals surface area contributed by atoms with E-state index in [1.165, 1.54) is 18.2 Å². The fourth-order valence-electron chi connectivity index (χ4n) is 4.02. The van der Waals surface area contributed by atoms with Crippen LogP contribution in [-0.2, 0) is 6.18 Å². The van der Waals surface area contributed by atoms with Crippen molar-refractivity contribution >= 4 is 11.4 Å². The molecule has 0 saturated heterocycles. The molecule has 2 aromatic rings. The summed E-state index contributed by atoms with van der Waals surface area (Å²) >= 11 is 0. The van der Waals surface area contributed by atoms with Crippen molar-refractivity contribution in [1.82, 2.24) is 0 Å². The SMILES string of the molecule is O=[N+]([O-])c1cccc([C@@H]2Nc3c(cccc3C(F)(F)F)[C@@H]3C=CC[C@@H]32)c1. The average Bonchev–Trinajstić information content (AvgIpc) is 3.09. The molecule has 0 bridgehead atoms. The van der Waals surface area contributed by atoms with Crippen molar-refractivity contribution in [2.24, 2.45) is 5.92 Å². The van der Waals surface area contributed by atoms with Gasteiger partial charge in [-0.1, -0.05) is 36.4 Å². The van der Waals surface area contributed by atoms with Crippen LogP contribution >= 0.6 is 0 Å². The minimum atomic E-state index is -4.47. The second kappa shape index (κ2) is 5.86. The number of anilines is 1. The van der Waals surface area contributed by atoms with Gasteiger partial charge in [-0.25, -0.2) is 0 Å². The van der Waals surface area contributed by atoms with E-state index in [0.29, 0.717) is 17.5 Å². The predicted octanol–water partition coefficient (Wildman–Crippen LogP) is 5.44. The van der Waals surface area contributed by atoms with E-state index >= 15 is 0 Å². The third kappa shape index (κ3) is 2.64. The Balaban J connectivity index is 1.83. The van der Waals surface area contributed by atoms with Crippen LogP contribution in [0.25, 0.3) is 0 Å². The van der Waals surface area contributed by atoms with Gasteiger partial charge in [0.25, 0.3) is 5.69 Å². The molecule has 0 amide bonds. The highest BCUT2D eigenvalue weighted by Gasteiger charge is 2.43. The Morgan fingerprint density at radius 1 is 1.15 bits per heavy atom. The van der Waals surface area contributed by atoms with Gasteiger partial charge in [0.05, 0.1) is 22.2 Å². The normalized spacial score (nSPS) is 23.9. The van der Waals surface area contributed by atoms with E-state index < -0.39 is 22.7 Å². The number of alkyl halides is 3. The summed E-state index contributed by atoms with van der Waals surface area (Å²) in [5.74, 6) is -0.120. The van der Waals surface area contributed by atoms with Crippen molar-refractivity contribution in [3.63, 3.8) is 0 Å². The molecule has 3 atom stereocenters. The molecule has 0 saturated carbocycles. The number of halogens is 3. The van der Waals surface area contributed by atoms with E-state index in [2.05, 4.69) is 5.32 Å². The maximum absolute atomic E-state index is 13.5. The Hall–Kier alpha value is -2.83. The van der Waals surface area contributed by atoms with E-state index in [1.54, 1.807) is 18.2 Å². The number of hydrogen-bond donors (Lipinski definition) is 1. The number of nitro benzene ring substituents is 1. The van der Waals surface area contributed by atoms with Crippen molar-refractivity contribution in [2.45, 2.75) is 24.6 Å². The first-order valence-corrected chi connectivity index (χ1v) is 8.24. The number of nitrogens with one attached hydrogen (secondary N) is 1. The highest BCUT2D eigenvalue weighted by Crippen LogP contribution is 2.52. The molecule has 26 heavy (non-hydrogen) atoms. The lowest BCUT2D eigenvalue weighted by atomic mass is 9.76. The largest absolute Gasteiger partial charge is 0.418 e. The average molecular weight is 360 g/mol. The van der Waals surface area contributed by atoms with Gasteiger partial charge in [0.15, 0.2) is 0 Å². The third-order valence-corrected chi connectivity index (χ3v) is 5.14. The van der Waals surface area contributed by atoms with Crippen LogP contribution in [-0.4, -0.2) is 4.92 Å². The summed E-state index contributed by atoms with van der Waals surface area (Å²) in [7, 11) is 0. The van der Waals surface area contributed by atoms with E-state index in [0.717, 1.165) is 6.07 Å². The minimum absolute atomic E-state index is 0.0213. The summed E-state index contributed by atoms with van der Waals surface area (Å²) < 4.78 is 40.4. The molecule has 134 valence electrons. The number of non-ortho nitro benzene ring substituents is 1. The van der Waals surface area contributed by atoms with E-state index in [1.807, 2.05) is 12.2 Å². The van der Waals surface area contributed by atoms with Gasteiger partial charge in [-0.05, 0) is 29.5 Å². The summed E-state index contributed by atoms with van der Waals surface area (Å²) in [6, 6.07) is 9.90. The number of nitro groups is 1. The molecule has 7 heteroatoms. The molecular weight excluding hydrogens is 345 g/mol. The zero-order valence-electron chi connectivity index (χ0n) is 13.5. The molecule has 1 heterocycles. The highest BCUT2D eigenvalue weighted by molar-refractivity contribution is 5.65. The second-order valence-corrected chi connectivity index (χ2v) is 6.60. The quantitative estimate of drug-likeness (QED) is 0.441. The molecule has 2 aromatic carbocycles. The number of nitrogens with zero attached hydrogens (tertiary/aromatic N) is 1. The Bertz CT molecular complexity index is 908. The molecule has 1 aliphatic carbocycles. The highest BCUT2D eigenvalue weighted by atomic mass is 19.4. The lowest BCUT2D eigenvalue weighted by Gasteiger charge is -2.38. The summed E-state index contributed by atoms with van der Waals surface area (Å²) in [4.78, 5) is 10.6. The van der Waals surface area contributed by atoms with Crippen molar-refractivity contribution < 1.29 is 18.1 Å². The van der Waals surface area contributed by atoms with Crippen LogP contribution in [0.3, 0.4) is 0 Å². The van der Waals surface area contributed by atoms with Crippen LogP contribution in [0.2, 0.25) is 0 Å². The summed E-state index contributed by atoms with van der Waals surface area (Å²) in [5.41, 5.74) is 0.552. The molecule has 1 aliphatic heterocycles. The zero-order chi connectivity index (χ0) is 18.5. The molecule has 4 nitrogen and oxygen atoms in total. The van der Waals surface area contributed by atoms with Crippen molar-refractivity contribution in [2.75, 3.05) is 5.32 Å². The van der Waals surface area contributed by atoms with Crippen LogP contribution in [0.1, 0.15) is 35.1 Å². The molecular formula is C19H15F3N2O2. The topological polar surface area (TPSA) is 55.2 Å². The van der Waals surface area contributed by atoms with Crippen LogP contribution in [0.5, 0.6) is 0 Å². The third-order valence-electron chi connectivity index (χ3n) is 5.14. The maximum Gasteiger partial charge on any atom is 0.418 e. The molecule has 0 aromatic heterocycles. The van der Waals surface area contributed by atoms with Gasteiger partial charge in [-0.15, -0.1) is 0 Å². The summed E-state index contributed by atoms with van der Waals surface area (Å²) in [6.45, 7) is 0. The lowest BCUT2D eigenvalue weighted by Crippen LogP contribution is -2.30. The molecule has 1 N–H and O–H groups in total. The Morgan fingerprint density at radius 3 is 2.65 bits per heavy atom. The first-order chi connectivity index (χ1) is 12.4. The summed E-state index contributed by atoms with van der Waals surface area (Å²) in [5, 5.41) is 14.1. The fourth-order valence-corrected chi connectivity index (χ4v) is 4.02. The molecule has 0 fully saturated rings. The van der Waals surface area contributed by atoms with Gasteiger partial charge >= 0.3 is 6.18 Å². The van der Waals surface area contributed by atoms with Gasteiger partial charge in [0.2, 0.25) is 0 Å². The Morgan fingerprint density at radius 2 is 1.92 bits per heavy atom. The minimum Gasteiger partial charge on any atom is -0.377 e.